The summed E-state index contributed by atoms with van der Waals surface area (Å²) in [5.74, 6) is 1.22. The van der Waals surface area contributed by atoms with E-state index in [-0.39, 0.29) is 24.8 Å². The quantitative estimate of drug-likeness (QED) is 0.790. The maximum atomic E-state index is 14.3. The van der Waals surface area contributed by atoms with E-state index in [1.165, 1.54) is 6.07 Å². The van der Waals surface area contributed by atoms with Crippen LogP contribution in [0.25, 0.3) is 0 Å². The predicted octanol–water partition coefficient (Wildman–Crippen LogP) is 2.92. The molecule has 0 radical (unpaired) electrons. The Hall–Kier alpha value is -2.96. The number of carbonyl (C=O) groups is 1. The number of aryl methyl sites for hydroxylation is 1. The fourth-order valence-electron chi connectivity index (χ4n) is 3.50. The van der Waals surface area contributed by atoms with Gasteiger partial charge in [-0.25, -0.2) is 4.39 Å². The lowest BCUT2D eigenvalue weighted by atomic mass is 10.0. The van der Waals surface area contributed by atoms with Crippen LogP contribution < -0.4 is 24.4 Å². The molecule has 0 aromatic heterocycles. The van der Waals surface area contributed by atoms with Gasteiger partial charge in [0.15, 0.2) is 11.5 Å². The normalized spacial score (nSPS) is 12.9. The van der Waals surface area contributed by atoms with E-state index in [4.69, 9.17) is 14.2 Å². The summed E-state index contributed by atoms with van der Waals surface area (Å²) in [6.07, 6.45) is 1.72. The van der Waals surface area contributed by atoms with Gasteiger partial charge in [-0.3, -0.25) is 4.79 Å². The number of halogens is 1. The maximum absolute atomic E-state index is 14.3. The van der Waals surface area contributed by atoms with Crippen molar-refractivity contribution in [3.63, 3.8) is 0 Å². The summed E-state index contributed by atoms with van der Waals surface area (Å²) >= 11 is 0. The summed E-state index contributed by atoms with van der Waals surface area (Å²) < 4.78 is 30.2. The number of benzene rings is 2. The SMILES string of the molecule is COc1cc(OC)c(OC)cc1CNC(=O)CN1CCCc2cccc(F)c21. The minimum atomic E-state index is -0.286. The molecule has 0 spiro atoms. The van der Waals surface area contributed by atoms with Gasteiger partial charge in [0.25, 0.3) is 0 Å². The highest BCUT2D eigenvalue weighted by atomic mass is 19.1. The number of hydrogen-bond donors (Lipinski definition) is 1. The minimum Gasteiger partial charge on any atom is -0.496 e. The summed E-state index contributed by atoms with van der Waals surface area (Å²) in [5, 5.41) is 2.88. The summed E-state index contributed by atoms with van der Waals surface area (Å²) in [6, 6.07) is 8.55. The summed E-state index contributed by atoms with van der Waals surface area (Å²) in [4.78, 5) is 14.3. The molecule has 1 amide bonds. The number of rotatable bonds is 7. The van der Waals surface area contributed by atoms with Crippen molar-refractivity contribution in [3.8, 4) is 17.2 Å². The molecule has 28 heavy (non-hydrogen) atoms. The molecule has 0 bridgehead atoms. The zero-order valence-electron chi connectivity index (χ0n) is 16.4. The number of hydrogen-bond acceptors (Lipinski definition) is 5. The maximum Gasteiger partial charge on any atom is 0.239 e. The van der Waals surface area contributed by atoms with Crippen LogP contribution in [0.5, 0.6) is 17.2 Å². The van der Waals surface area contributed by atoms with E-state index in [9.17, 15) is 9.18 Å². The van der Waals surface area contributed by atoms with Crippen LogP contribution in [0.2, 0.25) is 0 Å². The van der Waals surface area contributed by atoms with Crippen LogP contribution in [0.3, 0.4) is 0 Å². The van der Waals surface area contributed by atoms with E-state index in [2.05, 4.69) is 5.32 Å². The molecular formula is C21H25FN2O4. The molecule has 1 heterocycles. The Morgan fingerprint density at radius 1 is 1.11 bits per heavy atom. The third-order valence-electron chi connectivity index (χ3n) is 4.86. The molecule has 0 unspecified atom stereocenters. The van der Waals surface area contributed by atoms with Crippen LogP contribution in [0, 0.1) is 5.82 Å². The number of ether oxygens (including phenoxy) is 3. The van der Waals surface area contributed by atoms with Gasteiger partial charge >= 0.3 is 0 Å². The van der Waals surface area contributed by atoms with Gasteiger partial charge in [0.2, 0.25) is 5.91 Å². The largest absolute Gasteiger partial charge is 0.496 e. The number of methoxy groups -OCH3 is 3. The molecule has 0 fully saturated rings. The molecule has 0 aliphatic carbocycles. The highest BCUT2D eigenvalue weighted by Crippen LogP contribution is 2.34. The molecule has 0 saturated carbocycles. The number of para-hydroxylation sites is 1. The molecule has 150 valence electrons. The highest BCUT2D eigenvalue weighted by molar-refractivity contribution is 5.82. The average Bonchev–Trinajstić information content (AvgIpc) is 2.71. The summed E-state index contributed by atoms with van der Waals surface area (Å²) in [7, 11) is 4.66. The Bertz CT molecular complexity index is 857. The van der Waals surface area contributed by atoms with Gasteiger partial charge in [0, 0.05) is 24.7 Å². The van der Waals surface area contributed by atoms with E-state index in [0.29, 0.717) is 29.5 Å². The van der Waals surface area contributed by atoms with Crippen molar-refractivity contribution >= 4 is 11.6 Å². The summed E-state index contributed by atoms with van der Waals surface area (Å²) in [6.45, 7) is 1.02. The lowest BCUT2D eigenvalue weighted by Gasteiger charge is -2.31. The monoisotopic (exact) mass is 388 g/mol. The van der Waals surface area contributed by atoms with Gasteiger partial charge in [0.1, 0.15) is 11.6 Å². The van der Waals surface area contributed by atoms with Crippen molar-refractivity contribution in [1.82, 2.24) is 5.32 Å². The zero-order valence-corrected chi connectivity index (χ0v) is 16.4. The standard InChI is InChI=1S/C21H25FN2O4/c1-26-17-11-19(28-3)18(27-2)10-15(17)12-23-20(25)13-24-9-5-7-14-6-4-8-16(22)21(14)24/h4,6,8,10-11H,5,7,9,12-13H2,1-3H3,(H,23,25). The van der Waals surface area contributed by atoms with E-state index in [1.807, 2.05) is 6.07 Å². The van der Waals surface area contributed by atoms with Crippen molar-refractivity contribution in [2.45, 2.75) is 19.4 Å². The molecule has 6 nitrogen and oxygen atoms in total. The van der Waals surface area contributed by atoms with Gasteiger partial charge in [-0.05, 0) is 30.5 Å². The lowest BCUT2D eigenvalue weighted by Crippen LogP contribution is -2.40. The molecule has 2 aromatic rings. The van der Waals surface area contributed by atoms with Gasteiger partial charge in [0.05, 0.1) is 33.6 Å². The fraction of sp³-hybridized carbons (Fsp3) is 0.381. The first-order chi connectivity index (χ1) is 13.6. The Kier molecular flexibility index (Phi) is 6.23. The van der Waals surface area contributed by atoms with Crippen LogP contribution in [0.15, 0.2) is 30.3 Å². The number of amides is 1. The smallest absolute Gasteiger partial charge is 0.239 e. The summed E-state index contributed by atoms with van der Waals surface area (Å²) in [5.41, 5.74) is 2.24. The highest BCUT2D eigenvalue weighted by Gasteiger charge is 2.22. The second-order valence-electron chi connectivity index (χ2n) is 6.57. The average molecular weight is 388 g/mol. The van der Waals surface area contributed by atoms with E-state index in [0.717, 1.165) is 24.0 Å². The van der Waals surface area contributed by atoms with Crippen molar-refractivity contribution in [3.05, 3.63) is 47.3 Å². The Morgan fingerprint density at radius 2 is 1.82 bits per heavy atom. The van der Waals surface area contributed by atoms with Gasteiger partial charge < -0.3 is 24.4 Å². The third-order valence-corrected chi connectivity index (χ3v) is 4.86. The van der Waals surface area contributed by atoms with Gasteiger partial charge in [-0.2, -0.15) is 0 Å². The van der Waals surface area contributed by atoms with Crippen LogP contribution in [-0.4, -0.2) is 40.3 Å². The van der Waals surface area contributed by atoms with Gasteiger partial charge in [-0.15, -0.1) is 0 Å². The van der Waals surface area contributed by atoms with E-state index < -0.39 is 0 Å². The Balaban J connectivity index is 1.69. The molecule has 0 saturated heterocycles. The second-order valence-corrected chi connectivity index (χ2v) is 6.57. The van der Waals surface area contributed by atoms with Gasteiger partial charge in [-0.1, -0.05) is 12.1 Å². The molecule has 1 N–H and O–H groups in total. The van der Waals surface area contributed by atoms with Crippen molar-refractivity contribution in [2.24, 2.45) is 0 Å². The predicted molar refractivity (Wildman–Crippen MR) is 105 cm³/mol. The Morgan fingerprint density at radius 3 is 2.54 bits per heavy atom. The number of fused-ring (bicyclic) bond motifs is 1. The molecule has 2 aromatic carbocycles. The molecular weight excluding hydrogens is 363 g/mol. The van der Waals surface area contributed by atoms with Crippen LogP contribution in [-0.2, 0) is 17.8 Å². The topological polar surface area (TPSA) is 60.0 Å². The molecule has 7 heteroatoms. The Labute approximate surface area is 164 Å². The molecule has 1 aliphatic heterocycles. The van der Waals surface area contributed by atoms with Crippen molar-refractivity contribution < 1.29 is 23.4 Å². The minimum absolute atomic E-state index is 0.101. The van der Waals surface area contributed by atoms with Crippen LogP contribution in [0.4, 0.5) is 10.1 Å². The number of carbonyl (C=O) groups excluding carboxylic acids is 1. The van der Waals surface area contributed by atoms with E-state index in [1.54, 1.807) is 44.4 Å². The van der Waals surface area contributed by atoms with E-state index >= 15 is 0 Å². The fourth-order valence-corrected chi connectivity index (χ4v) is 3.50. The zero-order chi connectivity index (χ0) is 20.1. The molecule has 0 atom stereocenters. The van der Waals surface area contributed by atoms with Crippen molar-refractivity contribution in [2.75, 3.05) is 39.3 Å². The second kappa shape index (κ2) is 8.82. The molecule has 3 rings (SSSR count). The number of nitrogens with zero attached hydrogens (tertiary/aromatic N) is 1. The molecule has 1 aliphatic rings. The van der Waals surface area contributed by atoms with Crippen LogP contribution in [0.1, 0.15) is 17.5 Å². The first-order valence-electron chi connectivity index (χ1n) is 9.15. The lowest BCUT2D eigenvalue weighted by molar-refractivity contribution is -0.119. The first kappa shape index (κ1) is 19.8. The number of anilines is 1. The third kappa shape index (κ3) is 4.13. The van der Waals surface area contributed by atoms with Crippen molar-refractivity contribution in [1.29, 1.82) is 0 Å². The van der Waals surface area contributed by atoms with Crippen LogP contribution >= 0.6 is 0 Å². The first-order valence-corrected chi connectivity index (χ1v) is 9.15. The number of nitrogens with one attached hydrogen (secondary N) is 1.